The number of benzene rings is 2. The Morgan fingerprint density at radius 2 is 1.88 bits per heavy atom. The molecule has 2 aromatic heterocycles. The van der Waals surface area contributed by atoms with Crippen LogP contribution in [-0.4, -0.2) is 117 Å². The summed E-state index contributed by atoms with van der Waals surface area (Å²) in [6.07, 6.45) is 6.39. The third-order valence-corrected chi connectivity index (χ3v) is 15.2. The van der Waals surface area contributed by atoms with Crippen molar-refractivity contribution in [3.8, 4) is 22.4 Å². The first-order valence-electron chi connectivity index (χ1n) is 23.7. The van der Waals surface area contributed by atoms with Gasteiger partial charge < -0.3 is 24.3 Å². The maximum Gasteiger partial charge on any atom is 0.324 e. The number of carbonyl (C=O) groups excluding carboxylic acids is 4. The summed E-state index contributed by atoms with van der Waals surface area (Å²) in [4.78, 5) is 65.3. The first kappa shape index (κ1) is 47.8. The lowest BCUT2D eigenvalue weighted by atomic mass is 9.81. The van der Waals surface area contributed by atoms with E-state index in [-0.39, 0.29) is 48.7 Å². The molecule has 66 heavy (non-hydrogen) atoms. The summed E-state index contributed by atoms with van der Waals surface area (Å²) in [5.41, 5.74) is 10.1. The van der Waals surface area contributed by atoms with E-state index < -0.39 is 29.0 Å². The molecule has 1 unspecified atom stereocenters. The molecule has 4 aromatic rings. The van der Waals surface area contributed by atoms with Crippen molar-refractivity contribution in [1.29, 1.82) is 0 Å². The zero-order valence-corrected chi connectivity index (χ0v) is 41.6. The Balaban J connectivity index is 1.20. The number of aromatic nitrogens is 2. The van der Waals surface area contributed by atoms with Crippen molar-refractivity contribution < 1.29 is 28.7 Å². The Bertz CT molecular complexity index is 2480. The molecule has 6 heterocycles. The van der Waals surface area contributed by atoms with Crippen molar-refractivity contribution in [1.82, 2.24) is 35.1 Å². The molecule has 5 atom stereocenters. The van der Waals surface area contributed by atoms with Crippen LogP contribution < -0.4 is 10.7 Å². The second kappa shape index (κ2) is 19.9. The lowest BCUT2D eigenvalue weighted by Gasteiger charge is -2.46. The summed E-state index contributed by atoms with van der Waals surface area (Å²) in [7, 11) is 1.70. The number of esters is 1. The van der Waals surface area contributed by atoms with E-state index in [4.69, 9.17) is 14.5 Å². The first-order chi connectivity index (χ1) is 31.7. The molecule has 8 rings (SSSR count). The quantitative estimate of drug-likeness (QED) is 0.0687. The highest BCUT2D eigenvalue weighted by molar-refractivity contribution is 14.1. The monoisotopic (exact) mass is 1010 g/mol. The van der Waals surface area contributed by atoms with E-state index in [1.165, 1.54) is 11.1 Å². The number of rotatable bonds is 11. The van der Waals surface area contributed by atoms with Gasteiger partial charge in [0.2, 0.25) is 11.8 Å². The van der Waals surface area contributed by atoms with Crippen LogP contribution in [0.3, 0.4) is 0 Å². The Morgan fingerprint density at radius 1 is 1.09 bits per heavy atom. The molecule has 0 aliphatic carbocycles. The summed E-state index contributed by atoms with van der Waals surface area (Å²) in [6.45, 7) is 18.2. The van der Waals surface area contributed by atoms with Crippen LogP contribution in [0.1, 0.15) is 83.2 Å². The van der Waals surface area contributed by atoms with Crippen LogP contribution in [0.5, 0.6) is 0 Å². The van der Waals surface area contributed by atoms with Crippen molar-refractivity contribution in [3.05, 3.63) is 90.3 Å². The number of alkyl halides is 1. The number of fused-ring (bicyclic) bond motifs is 6. The second-order valence-electron chi connectivity index (χ2n) is 19.6. The zero-order chi connectivity index (χ0) is 46.9. The van der Waals surface area contributed by atoms with Gasteiger partial charge in [0.25, 0.3) is 5.91 Å². The number of nitrogens with zero attached hydrogens (tertiary/aromatic N) is 5. The number of likely N-dealkylation sites (tertiary alicyclic amines) is 2. The Labute approximate surface area is 403 Å². The lowest BCUT2D eigenvalue weighted by molar-refractivity contribution is -0.155. The largest absolute Gasteiger partial charge is 0.464 e. The number of carbonyl (C=O) groups is 4. The van der Waals surface area contributed by atoms with E-state index >= 15 is 4.79 Å². The number of hydrogen-bond acceptors (Lipinski definition) is 9. The number of hydrazine groups is 1. The van der Waals surface area contributed by atoms with Gasteiger partial charge in [-0.25, -0.2) is 5.43 Å². The predicted molar refractivity (Wildman–Crippen MR) is 266 cm³/mol. The standard InChI is InChI=1S/C52H66IN7O6/c1-8-45(61)57-29-36(30-57)31-58-24-19-33(3)52(58,20-21-53)50(64)55-43-26-35-13-10-14-37(25-35)38-17-18-44-40(27-38)41(47(59(44)9-2)39-15-11-22-54-46(39)34(4)65-7)28-51(5,6)32-66-49(63)42-16-12-23-60(56-42)48(43)62/h8,10-11,13-15,17-18,22,25,27,33-34,36,42-43,56H,1,9,12,16,19-21,23-24,26,28-32H2,2-7H3,(H,55,64)/t33-,34-,42-,43-,52?/m0/s1. The summed E-state index contributed by atoms with van der Waals surface area (Å²) in [5, 5.41) is 5.98. The highest BCUT2D eigenvalue weighted by Crippen LogP contribution is 2.43. The third-order valence-electron chi connectivity index (χ3n) is 14.6. The summed E-state index contributed by atoms with van der Waals surface area (Å²) < 4.78 is 15.1. The third kappa shape index (κ3) is 9.31. The highest BCUT2D eigenvalue weighted by Gasteiger charge is 2.53. The van der Waals surface area contributed by atoms with E-state index in [9.17, 15) is 14.4 Å². The number of cyclic esters (lactones) is 1. The topological polar surface area (TPSA) is 138 Å². The van der Waals surface area contributed by atoms with Gasteiger partial charge in [-0.1, -0.05) is 80.3 Å². The van der Waals surface area contributed by atoms with Gasteiger partial charge in [0, 0.05) is 84.7 Å². The van der Waals surface area contributed by atoms with Gasteiger partial charge in [0.15, 0.2) is 0 Å². The molecule has 13 nitrogen and oxygen atoms in total. The minimum absolute atomic E-state index is 0.0448. The molecule has 14 heteroatoms. The minimum Gasteiger partial charge on any atom is -0.464 e. The number of nitrogens with one attached hydrogen (secondary N) is 2. The molecule has 0 saturated carbocycles. The van der Waals surface area contributed by atoms with Crippen molar-refractivity contribution in [2.24, 2.45) is 17.3 Å². The first-order valence-corrected chi connectivity index (χ1v) is 25.2. The normalized spacial score (nSPS) is 24.4. The maximum absolute atomic E-state index is 15.2. The minimum atomic E-state index is -0.920. The van der Waals surface area contributed by atoms with Crippen LogP contribution in [0.4, 0.5) is 0 Å². The number of methoxy groups -OCH3 is 1. The van der Waals surface area contributed by atoms with Gasteiger partial charge in [0.1, 0.15) is 17.6 Å². The molecule has 352 valence electrons. The van der Waals surface area contributed by atoms with E-state index in [0.29, 0.717) is 51.9 Å². The van der Waals surface area contributed by atoms with Crippen LogP contribution in [0.25, 0.3) is 33.3 Å². The molecule has 4 aliphatic rings. The number of ether oxygens (including phenoxy) is 2. The molecule has 0 spiro atoms. The van der Waals surface area contributed by atoms with E-state index in [1.54, 1.807) is 12.0 Å². The van der Waals surface area contributed by atoms with Gasteiger partial charge in [-0.15, -0.1) is 0 Å². The fourth-order valence-corrected chi connectivity index (χ4v) is 11.8. The van der Waals surface area contributed by atoms with Crippen LogP contribution in [0, 0.1) is 17.3 Å². The van der Waals surface area contributed by atoms with Gasteiger partial charge in [-0.3, -0.25) is 34.1 Å². The van der Waals surface area contributed by atoms with Crippen molar-refractivity contribution in [2.75, 3.05) is 50.9 Å². The lowest BCUT2D eigenvalue weighted by Crippen LogP contribution is -2.66. The molecule has 4 aliphatic heterocycles. The SMILES string of the molecule is C=CC(=O)N1CC(CN2CC[C@H](C)C2(CCI)C(=O)N[C@H]2Cc3cccc(c3)-c3ccc4c(c3)c(c(-c3cccnc3[C@H](C)OC)n4CC)CC(C)(C)COC(=O)[C@@H]3CCCN(N3)C2=O)C1. The van der Waals surface area contributed by atoms with Gasteiger partial charge in [-0.2, -0.15) is 0 Å². The maximum atomic E-state index is 15.2. The molecule has 2 N–H and O–H groups in total. The van der Waals surface area contributed by atoms with Crippen LogP contribution >= 0.6 is 22.6 Å². The second-order valence-corrected chi connectivity index (χ2v) is 20.7. The van der Waals surface area contributed by atoms with Gasteiger partial charge in [-0.05, 0) is 111 Å². The molecular formula is C52H66IN7O6. The molecule has 6 bridgehead atoms. The zero-order valence-electron chi connectivity index (χ0n) is 39.4. The summed E-state index contributed by atoms with van der Waals surface area (Å²) in [6, 6.07) is 17.4. The van der Waals surface area contributed by atoms with E-state index in [0.717, 1.165) is 74.0 Å². The molecular weight excluding hydrogens is 946 g/mol. The summed E-state index contributed by atoms with van der Waals surface area (Å²) >= 11 is 2.36. The number of pyridine rings is 1. The van der Waals surface area contributed by atoms with Crippen molar-refractivity contribution in [2.45, 2.75) is 103 Å². The molecule has 3 fully saturated rings. The van der Waals surface area contributed by atoms with Gasteiger partial charge in [0.05, 0.1) is 24.1 Å². The Kier molecular flexibility index (Phi) is 14.4. The van der Waals surface area contributed by atoms with E-state index in [2.05, 4.69) is 113 Å². The smallest absolute Gasteiger partial charge is 0.324 e. The number of hydrogen-bond donors (Lipinski definition) is 2. The molecule has 3 saturated heterocycles. The van der Waals surface area contributed by atoms with Crippen LogP contribution in [-0.2, 0) is 48.0 Å². The number of aryl methyl sites for hydroxylation is 1. The molecule has 0 radical (unpaired) electrons. The average Bonchev–Trinajstić information content (AvgIpc) is 3.79. The average molecular weight is 1010 g/mol. The Morgan fingerprint density at radius 3 is 2.62 bits per heavy atom. The van der Waals surface area contributed by atoms with Crippen LogP contribution in [0.2, 0.25) is 0 Å². The van der Waals surface area contributed by atoms with E-state index in [1.807, 2.05) is 31.3 Å². The number of halogens is 1. The fourth-order valence-electron chi connectivity index (χ4n) is 11.0. The van der Waals surface area contributed by atoms with Gasteiger partial charge >= 0.3 is 5.97 Å². The molecule has 2 aromatic carbocycles. The molecule has 3 amide bonds. The fraction of sp³-hybridized carbons (Fsp3) is 0.519. The van der Waals surface area contributed by atoms with Crippen molar-refractivity contribution >= 4 is 57.2 Å². The Hall–Kier alpha value is -4.64. The summed E-state index contributed by atoms with van der Waals surface area (Å²) in [5.74, 6) is -0.625. The predicted octanol–water partition coefficient (Wildman–Crippen LogP) is 7.30. The van der Waals surface area contributed by atoms with Crippen LogP contribution in [0.15, 0.2) is 73.4 Å². The highest BCUT2D eigenvalue weighted by atomic mass is 127. The van der Waals surface area contributed by atoms with Crippen molar-refractivity contribution in [3.63, 3.8) is 0 Å². The number of amides is 3.